The first kappa shape index (κ1) is 22.6. The fourth-order valence-electron chi connectivity index (χ4n) is 4.74. The van der Waals surface area contributed by atoms with E-state index in [0.29, 0.717) is 43.9 Å². The molecule has 9 heteroatoms. The zero-order valence-electron chi connectivity index (χ0n) is 19.4. The largest absolute Gasteiger partial charge is 0.383 e. The normalized spacial score (nSPS) is 18.2. The van der Waals surface area contributed by atoms with Crippen LogP contribution in [0.25, 0.3) is 10.9 Å². The summed E-state index contributed by atoms with van der Waals surface area (Å²) >= 11 is 1.30. The molecular weight excluding hydrogens is 453 g/mol. The lowest BCUT2D eigenvalue weighted by Gasteiger charge is -2.27. The second-order valence-corrected chi connectivity index (χ2v) is 9.63. The van der Waals surface area contributed by atoms with Crippen LogP contribution in [0.1, 0.15) is 38.6 Å². The lowest BCUT2D eigenvalue weighted by Crippen LogP contribution is -2.35. The van der Waals surface area contributed by atoms with Crippen LogP contribution in [-0.2, 0) is 16.7 Å². The third-order valence-electron chi connectivity index (χ3n) is 6.67. The van der Waals surface area contributed by atoms with Crippen molar-refractivity contribution in [2.24, 2.45) is 0 Å². The number of nitrogens with zero attached hydrogens (tertiary/aromatic N) is 5. The Morgan fingerprint density at radius 1 is 1.24 bits per heavy atom. The summed E-state index contributed by atoms with van der Waals surface area (Å²) < 4.78 is 25.8. The number of carbonyl (C=O) groups excluding carboxylic acids is 1. The minimum Gasteiger partial charge on any atom is -0.383 e. The second kappa shape index (κ2) is 8.88. The molecule has 1 aliphatic rings. The number of benzene rings is 2. The Morgan fingerprint density at radius 2 is 2.09 bits per heavy atom. The Bertz CT molecular complexity index is 1350. The molecule has 1 saturated heterocycles. The molecule has 0 unspecified atom stereocenters. The molecule has 2 aromatic heterocycles. The van der Waals surface area contributed by atoms with E-state index in [1.807, 2.05) is 40.8 Å². The van der Waals surface area contributed by atoms with E-state index in [1.165, 1.54) is 17.9 Å². The number of fused-ring (bicyclic) bond motifs is 1. The minimum absolute atomic E-state index is 0.134. The van der Waals surface area contributed by atoms with Crippen LogP contribution in [0.4, 0.5) is 4.39 Å². The quantitative estimate of drug-likeness (QED) is 0.416. The molecule has 0 spiro atoms. The van der Waals surface area contributed by atoms with Crippen LogP contribution >= 0.6 is 11.5 Å². The van der Waals surface area contributed by atoms with Crippen molar-refractivity contribution < 1.29 is 13.9 Å². The third-order valence-corrected chi connectivity index (χ3v) is 7.54. The molecule has 2 aromatic carbocycles. The van der Waals surface area contributed by atoms with Gasteiger partial charge in [-0.3, -0.25) is 9.48 Å². The Labute approximate surface area is 201 Å². The molecular formula is C25H26FN5O2S. The number of halogens is 1. The van der Waals surface area contributed by atoms with Gasteiger partial charge in [-0.05, 0) is 61.1 Å². The highest BCUT2D eigenvalue weighted by atomic mass is 32.1. The van der Waals surface area contributed by atoms with Gasteiger partial charge in [-0.2, -0.15) is 9.47 Å². The number of hydrogen-bond donors (Lipinski definition) is 0. The average molecular weight is 480 g/mol. The molecule has 4 aromatic rings. The number of aryl methyl sites for hydroxylation is 2. The smallest absolute Gasteiger partial charge is 0.275 e. The van der Waals surface area contributed by atoms with Gasteiger partial charge in [-0.25, -0.2) is 9.37 Å². The number of ether oxygens (including phenoxy) is 1. The number of aromatic nitrogens is 4. The van der Waals surface area contributed by atoms with Crippen LogP contribution in [0.15, 0.2) is 42.7 Å². The molecule has 7 nitrogen and oxygen atoms in total. The summed E-state index contributed by atoms with van der Waals surface area (Å²) in [5, 5.41) is 6.30. The summed E-state index contributed by atoms with van der Waals surface area (Å²) in [5.74, 6) is -0.393. The van der Waals surface area contributed by atoms with Crippen molar-refractivity contribution >= 4 is 28.3 Å². The first-order valence-electron chi connectivity index (χ1n) is 11.2. The van der Waals surface area contributed by atoms with E-state index in [9.17, 15) is 9.18 Å². The van der Waals surface area contributed by atoms with Crippen molar-refractivity contribution in [2.45, 2.75) is 32.2 Å². The number of hydrogen-bond acceptors (Lipinski definition) is 6. The van der Waals surface area contributed by atoms with Crippen molar-refractivity contribution in [2.75, 3.05) is 26.8 Å². The lowest BCUT2D eigenvalue weighted by atomic mass is 9.80. The van der Waals surface area contributed by atoms with E-state index in [2.05, 4.69) is 14.5 Å². The standard InChI is InChI=1S/C25H26FN5O2S/c1-16-4-7-21-19(12-16)22(29-31(21)10-11-33-3)23(32)30-9-8-25(14-30,24-27-15-28-34-24)18-6-5-17(2)20(26)13-18/h4-7,12-13,15H,8-11,14H2,1-3H3/t25-/m1/s1. The van der Waals surface area contributed by atoms with Gasteiger partial charge in [-0.1, -0.05) is 23.8 Å². The maximum absolute atomic E-state index is 14.5. The number of methoxy groups -OCH3 is 1. The maximum Gasteiger partial charge on any atom is 0.275 e. The van der Waals surface area contributed by atoms with Gasteiger partial charge in [-0.15, -0.1) is 0 Å². The molecule has 176 valence electrons. The number of likely N-dealkylation sites (tertiary alicyclic amines) is 1. The van der Waals surface area contributed by atoms with Crippen LogP contribution in [-0.4, -0.2) is 56.8 Å². The first-order valence-corrected chi connectivity index (χ1v) is 12.0. The highest BCUT2D eigenvalue weighted by Gasteiger charge is 2.46. The summed E-state index contributed by atoms with van der Waals surface area (Å²) in [4.78, 5) is 20.1. The van der Waals surface area contributed by atoms with E-state index in [4.69, 9.17) is 4.74 Å². The van der Waals surface area contributed by atoms with E-state index < -0.39 is 5.41 Å². The molecule has 0 N–H and O–H groups in total. The van der Waals surface area contributed by atoms with Crippen molar-refractivity contribution in [1.82, 2.24) is 24.0 Å². The van der Waals surface area contributed by atoms with Crippen LogP contribution < -0.4 is 0 Å². The van der Waals surface area contributed by atoms with Crippen LogP contribution in [0.3, 0.4) is 0 Å². The Morgan fingerprint density at radius 3 is 2.82 bits per heavy atom. The molecule has 3 heterocycles. The van der Waals surface area contributed by atoms with Crippen LogP contribution in [0, 0.1) is 19.7 Å². The second-order valence-electron chi connectivity index (χ2n) is 8.85. The summed E-state index contributed by atoms with van der Waals surface area (Å²) in [7, 11) is 1.65. The third kappa shape index (κ3) is 3.78. The van der Waals surface area contributed by atoms with E-state index in [0.717, 1.165) is 27.0 Å². The highest BCUT2D eigenvalue weighted by molar-refractivity contribution is 7.05. The van der Waals surface area contributed by atoms with Crippen LogP contribution in [0.2, 0.25) is 0 Å². The number of amides is 1. The molecule has 0 bridgehead atoms. The van der Waals surface area contributed by atoms with Crippen molar-refractivity contribution in [3.05, 3.63) is 75.9 Å². The molecule has 0 radical (unpaired) electrons. The molecule has 0 saturated carbocycles. The number of carbonyl (C=O) groups is 1. The monoisotopic (exact) mass is 479 g/mol. The SMILES string of the molecule is COCCn1nc(C(=O)N2CC[C@@](c3ccc(C)c(F)c3)(c3ncns3)C2)c2cc(C)ccc21. The van der Waals surface area contributed by atoms with Crippen LogP contribution in [0.5, 0.6) is 0 Å². The summed E-state index contributed by atoms with van der Waals surface area (Å²) in [6, 6.07) is 11.3. The Balaban J connectivity index is 1.53. The van der Waals surface area contributed by atoms with Gasteiger partial charge < -0.3 is 9.64 Å². The van der Waals surface area contributed by atoms with E-state index in [-0.39, 0.29) is 11.7 Å². The van der Waals surface area contributed by atoms with Crippen molar-refractivity contribution in [1.29, 1.82) is 0 Å². The van der Waals surface area contributed by atoms with Gasteiger partial charge in [0.15, 0.2) is 5.69 Å². The fourth-order valence-corrected chi connectivity index (χ4v) is 5.49. The molecule has 0 aliphatic carbocycles. The first-order chi connectivity index (χ1) is 16.4. The molecule has 1 amide bonds. The average Bonchev–Trinajstić information content (AvgIpc) is 3.58. The zero-order valence-corrected chi connectivity index (χ0v) is 20.2. The van der Waals surface area contributed by atoms with Gasteiger partial charge in [0.25, 0.3) is 5.91 Å². The number of rotatable bonds is 6. The molecule has 1 atom stereocenters. The minimum atomic E-state index is -0.601. The van der Waals surface area contributed by atoms with Gasteiger partial charge in [0.2, 0.25) is 0 Å². The molecule has 1 fully saturated rings. The predicted octanol–water partition coefficient (Wildman–Crippen LogP) is 4.12. The maximum atomic E-state index is 14.5. The molecule has 1 aliphatic heterocycles. The van der Waals surface area contributed by atoms with E-state index in [1.54, 1.807) is 26.2 Å². The zero-order chi connectivity index (χ0) is 23.9. The Hall–Kier alpha value is -3.17. The predicted molar refractivity (Wildman–Crippen MR) is 129 cm³/mol. The Kier molecular flexibility index (Phi) is 5.91. The van der Waals surface area contributed by atoms with Crippen molar-refractivity contribution in [3.63, 3.8) is 0 Å². The summed E-state index contributed by atoms with van der Waals surface area (Å²) in [6.45, 7) is 5.71. The van der Waals surface area contributed by atoms with Crippen molar-refractivity contribution in [3.8, 4) is 0 Å². The molecule has 5 rings (SSSR count). The van der Waals surface area contributed by atoms with Gasteiger partial charge in [0.05, 0.1) is 24.1 Å². The highest BCUT2D eigenvalue weighted by Crippen LogP contribution is 2.42. The van der Waals surface area contributed by atoms with E-state index >= 15 is 0 Å². The van der Waals surface area contributed by atoms with Gasteiger partial charge in [0.1, 0.15) is 17.2 Å². The topological polar surface area (TPSA) is 73.1 Å². The molecule has 34 heavy (non-hydrogen) atoms. The lowest BCUT2D eigenvalue weighted by molar-refractivity contribution is 0.0781. The fraction of sp³-hybridized carbons (Fsp3) is 0.360. The summed E-state index contributed by atoms with van der Waals surface area (Å²) in [6.07, 6.45) is 2.16. The summed E-state index contributed by atoms with van der Waals surface area (Å²) in [5.41, 5.74) is 3.20. The van der Waals surface area contributed by atoms with Gasteiger partial charge >= 0.3 is 0 Å². The van der Waals surface area contributed by atoms with Gasteiger partial charge in [0, 0.05) is 25.6 Å².